The van der Waals surface area contributed by atoms with Crippen molar-refractivity contribution in [3.05, 3.63) is 70.8 Å². The molecule has 1 aliphatic carbocycles. The summed E-state index contributed by atoms with van der Waals surface area (Å²) in [5, 5.41) is 0. The van der Waals surface area contributed by atoms with E-state index in [0.717, 1.165) is 0 Å². The molecule has 0 saturated heterocycles. The van der Waals surface area contributed by atoms with Crippen LogP contribution in [0.1, 0.15) is 31.8 Å². The second-order valence-corrected chi connectivity index (χ2v) is 3.92. The Balaban J connectivity index is 0.000000408. The summed E-state index contributed by atoms with van der Waals surface area (Å²) in [5.41, 5.74) is 3.77. The van der Waals surface area contributed by atoms with E-state index < -0.39 is 0 Å². The Morgan fingerprint density at radius 2 is 0.842 bits per heavy atom. The van der Waals surface area contributed by atoms with Crippen molar-refractivity contribution in [2.24, 2.45) is 11.7 Å². The molecule has 0 bridgehead atoms. The molecule has 5 heteroatoms. The molecule has 0 aliphatic heterocycles. The second kappa shape index (κ2) is 5.53. The van der Waals surface area contributed by atoms with E-state index in [0.29, 0.717) is 22.3 Å². The van der Waals surface area contributed by atoms with Gasteiger partial charge in [0.2, 0.25) is 0 Å². The van der Waals surface area contributed by atoms with E-state index in [1.807, 2.05) is 0 Å². The third-order valence-corrected chi connectivity index (χ3v) is 2.83. The minimum absolute atomic E-state index is 0.0641. The van der Waals surface area contributed by atoms with Crippen LogP contribution in [0.3, 0.4) is 0 Å². The third-order valence-electron chi connectivity index (χ3n) is 2.83. The van der Waals surface area contributed by atoms with E-state index in [4.69, 9.17) is 0 Å². The van der Waals surface area contributed by atoms with Gasteiger partial charge in [0.15, 0.2) is 11.6 Å². The third kappa shape index (κ3) is 2.30. The van der Waals surface area contributed by atoms with Gasteiger partial charge in [0.25, 0.3) is 0 Å². The van der Waals surface area contributed by atoms with Crippen molar-refractivity contribution in [2.75, 3.05) is 0 Å². The van der Waals surface area contributed by atoms with Gasteiger partial charge in [-0.25, -0.2) is 0 Å². The molecule has 3 rings (SSSR count). The molecular weight excluding hydrogens is 242 g/mol. The molecule has 0 radical (unpaired) electrons. The summed E-state index contributed by atoms with van der Waals surface area (Å²) in [6, 6.07) is 13.9. The highest BCUT2D eigenvalue weighted by Crippen LogP contribution is 2.26. The first-order valence-corrected chi connectivity index (χ1v) is 5.64. The summed E-state index contributed by atoms with van der Waals surface area (Å²) in [6.07, 6.45) is 0. The highest BCUT2D eigenvalue weighted by atomic mass is 16.1. The number of carbonyl (C=O) groups is 2. The van der Waals surface area contributed by atoms with Crippen molar-refractivity contribution in [3.8, 4) is 0 Å². The van der Waals surface area contributed by atoms with Crippen molar-refractivity contribution < 1.29 is 9.59 Å². The van der Waals surface area contributed by atoms with Crippen molar-refractivity contribution in [1.82, 2.24) is 5.53 Å². The topological polar surface area (TPSA) is 98.2 Å². The number of hydrogen-bond donors (Lipinski definition) is 3. The van der Waals surface area contributed by atoms with Gasteiger partial charge in [-0.1, -0.05) is 48.5 Å². The lowest BCUT2D eigenvalue weighted by Gasteiger charge is -2.16. The zero-order valence-electron chi connectivity index (χ0n) is 10.1. The summed E-state index contributed by atoms with van der Waals surface area (Å²) in [5.74, 6) is 8.62. The molecule has 96 valence electrons. The molecule has 0 saturated carbocycles. The fourth-order valence-corrected chi connectivity index (χ4v) is 2.05. The normalized spacial score (nSPS) is 12.1. The quantitative estimate of drug-likeness (QED) is 0.407. The van der Waals surface area contributed by atoms with Crippen LogP contribution in [-0.4, -0.2) is 11.6 Å². The van der Waals surface area contributed by atoms with Gasteiger partial charge in [-0.3, -0.25) is 21.3 Å². The van der Waals surface area contributed by atoms with Crippen LogP contribution in [0.25, 0.3) is 0 Å². The number of carbonyl (C=O) groups excluding carboxylic acids is 2. The van der Waals surface area contributed by atoms with E-state index in [-0.39, 0.29) is 11.6 Å². The number of benzene rings is 2. The molecular formula is C14H13N3O2. The van der Waals surface area contributed by atoms with Gasteiger partial charge < -0.3 is 0 Å². The molecule has 0 atom stereocenters. The lowest BCUT2D eigenvalue weighted by molar-refractivity contribution is 0.0979. The first kappa shape index (κ1) is 13.1. The number of hydrogen-bond acceptors (Lipinski definition) is 5. The summed E-state index contributed by atoms with van der Waals surface area (Å²) in [6.45, 7) is 0. The standard InChI is InChI=1S/C14H8O2.H5N3/c15-13-9-5-1-2-6-10(9)14(16)12-8-4-3-7-11(12)13;1-3-2/h1-8H;3H,1-2H2. The second-order valence-electron chi connectivity index (χ2n) is 3.92. The molecule has 1 aliphatic rings. The van der Waals surface area contributed by atoms with Gasteiger partial charge >= 0.3 is 0 Å². The molecule has 2 aromatic rings. The van der Waals surface area contributed by atoms with Crippen LogP contribution in [0.2, 0.25) is 0 Å². The lowest BCUT2D eigenvalue weighted by Crippen LogP contribution is -2.29. The minimum Gasteiger partial charge on any atom is -0.289 e. The molecule has 5 nitrogen and oxygen atoms in total. The molecule has 19 heavy (non-hydrogen) atoms. The molecule has 0 heterocycles. The van der Waals surface area contributed by atoms with Crippen molar-refractivity contribution in [1.29, 1.82) is 0 Å². The Labute approximate surface area is 110 Å². The highest BCUT2D eigenvalue weighted by Gasteiger charge is 2.28. The molecule has 0 aromatic heterocycles. The van der Waals surface area contributed by atoms with Crippen LogP contribution >= 0.6 is 0 Å². The fraction of sp³-hybridized carbons (Fsp3) is 0. The first-order valence-electron chi connectivity index (χ1n) is 5.64. The maximum Gasteiger partial charge on any atom is 0.194 e. The van der Waals surface area contributed by atoms with Crippen LogP contribution in [0, 0.1) is 0 Å². The molecule has 5 N–H and O–H groups in total. The van der Waals surface area contributed by atoms with Crippen LogP contribution in [-0.2, 0) is 0 Å². The lowest BCUT2D eigenvalue weighted by atomic mass is 9.84. The minimum atomic E-state index is -0.0641. The SMILES string of the molecule is NNN.O=C1c2ccccc2C(=O)c2ccccc21. The van der Waals surface area contributed by atoms with Crippen molar-refractivity contribution in [2.45, 2.75) is 0 Å². The molecule has 0 amide bonds. The number of rotatable bonds is 0. The van der Waals surface area contributed by atoms with Crippen molar-refractivity contribution in [3.63, 3.8) is 0 Å². The Morgan fingerprint density at radius 3 is 1.05 bits per heavy atom. The number of fused-ring (bicyclic) bond motifs is 2. The van der Waals surface area contributed by atoms with E-state index in [1.165, 1.54) is 0 Å². The smallest absolute Gasteiger partial charge is 0.194 e. The number of nitrogens with one attached hydrogen (secondary N) is 1. The number of nitrogens with two attached hydrogens (primary N) is 2. The van der Waals surface area contributed by atoms with Crippen LogP contribution < -0.4 is 17.2 Å². The van der Waals surface area contributed by atoms with Crippen LogP contribution in [0.5, 0.6) is 0 Å². The van der Waals surface area contributed by atoms with Crippen LogP contribution in [0.4, 0.5) is 0 Å². The maximum absolute atomic E-state index is 12.1. The van der Waals surface area contributed by atoms with Gasteiger partial charge in [-0.2, -0.15) is 5.53 Å². The van der Waals surface area contributed by atoms with Gasteiger partial charge in [-0.15, -0.1) is 0 Å². The number of ketones is 2. The van der Waals surface area contributed by atoms with Gasteiger partial charge in [-0.05, 0) is 0 Å². The largest absolute Gasteiger partial charge is 0.289 e. The maximum atomic E-state index is 12.1. The van der Waals surface area contributed by atoms with E-state index in [2.05, 4.69) is 11.7 Å². The van der Waals surface area contributed by atoms with Gasteiger partial charge in [0.1, 0.15) is 0 Å². The monoisotopic (exact) mass is 255 g/mol. The summed E-state index contributed by atoms with van der Waals surface area (Å²) < 4.78 is 0. The van der Waals surface area contributed by atoms with Crippen LogP contribution in [0.15, 0.2) is 48.5 Å². The molecule has 2 aromatic carbocycles. The summed E-state index contributed by atoms with van der Waals surface area (Å²) in [4.78, 5) is 24.2. The molecule has 0 unspecified atom stereocenters. The fourth-order valence-electron chi connectivity index (χ4n) is 2.05. The zero-order valence-corrected chi connectivity index (χ0v) is 10.1. The van der Waals surface area contributed by atoms with E-state index in [9.17, 15) is 9.59 Å². The van der Waals surface area contributed by atoms with E-state index >= 15 is 0 Å². The Hall–Kier alpha value is -2.34. The van der Waals surface area contributed by atoms with Gasteiger partial charge in [0.05, 0.1) is 0 Å². The summed E-state index contributed by atoms with van der Waals surface area (Å²) >= 11 is 0. The predicted molar refractivity (Wildman–Crippen MR) is 71.3 cm³/mol. The van der Waals surface area contributed by atoms with Crippen molar-refractivity contribution >= 4 is 11.6 Å². The number of hydrazine groups is 2. The predicted octanol–water partition coefficient (Wildman–Crippen LogP) is 0.785. The zero-order chi connectivity index (χ0) is 13.8. The highest BCUT2D eigenvalue weighted by molar-refractivity contribution is 6.28. The Bertz CT molecular complexity index is 533. The Morgan fingerprint density at radius 1 is 0.632 bits per heavy atom. The average Bonchev–Trinajstić information content (AvgIpc) is 2.46. The molecule has 0 spiro atoms. The van der Waals surface area contributed by atoms with Gasteiger partial charge in [0, 0.05) is 22.3 Å². The Kier molecular flexibility index (Phi) is 3.82. The average molecular weight is 255 g/mol. The summed E-state index contributed by atoms with van der Waals surface area (Å²) in [7, 11) is 0. The first-order chi connectivity index (χ1) is 9.20. The molecule has 0 fully saturated rings. The van der Waals surface area contributed by atoms with E-state index in [1.54, 1.807) is 54.1 Å².